The highest BCUT2D eigenvalue weighted by atomic mass is 16.2. The van der Waals surface area contributed by atoms with E-state index in [1.165, 1.54) is 17.2 Å². The highest BCUT2D eigenvalue weighted by molar-refractivity contribution is 5.51. The molecule has 7 nitrogen and oxygen atoms in total. The molecule has 1 heterocycles. The maximum Gasteiger partial charge on any atom is 0.332 e. The van der Waals surface area contributed by atoms with Crippen molar-refractivity contribution < 1.29 is 0 Å². The Kier molecular flexibility index (Phi) is 5.78. The van der Waals surface area contributed by atoms with Crippen molar-refractivity contribution in [2.75, 3.05) is 26.0 Å². The molecule has 25 heavy (non-hydrogen) atoms. The second-order valence-corrected chi connectivity index (χ2v) is 6.23. The summed E-state index contributed by atoms with van der Waals surface area (Å²) in [6.07, 6.45) is 0.807. The van der Waals surface area contributed by atoms with Crippen LogP contribution in [0.2, 0.25) is 0 Å². The molecule has 1 aromatic carbocycles. The summed E-state index contributed by atoms with van der Waals surface area (Å²) in [5.74, 6) is 0.260. The van der Waals surface area contributed by atoms with Crippen molar-refractivity contribution in [2.45, 2.75) is 12.5 Å². The maximum atomic E-state index is 12.1. The molecule has 0 bridgehead atoms. The fraction of sp³-hybridized carbons (Fsp3) is 0.389. The van der Waals surface area contributed by atoms with E-state index in [1.54, 1.807) is 7.05 Å². The minimum atomic E-state index is -0.586. The van der Waals surface area contributed by atoms with Gasteiger partial charge >= 0.3 is 5.69 Å². The first kappa shape index (κ1) is 18.5. The number of likely N-dealkylation sites (N-methyl/N-ethyl adjacent to an activating group) is 1. The number of benzene rings is 1. The fourth-order valence-electron chi connectivity index (χ4n) is 2.69. The summed E-state index contributed by atoms with van der Waals surface area (Å²) < 4.78 is 2.24. The van der Waals surface area contributed by atoms with Crippen molar-refractivity contribution in [1.29, 1.82) is 5.26 Å². The highest BCUT2D eigenvalue weighted by Gasteiger charge is 2.18. The van der Waals surface area contributed by atoms with Gasteiger partial charge in [0.1, 0.15) is 11.9 Å². The zero-order valence-electron chi connectivity index (χ0n) is 15.0. The van der Waals surface area contributed by atoms with Gasteiger partial charge in [0.15, 0.2) is 5.56 Å². The lowest BCUT2D eigenvalue weighted by Crippen LogP contribution is -2.42. The van der Waals surface area contributed by atoms with Crippen molar-refractivity contribution in [3.63, 3.8) is 0 Å². The number of hydrogen-bond acceptors (Lipinski definition) is 5. The third kappa shape index (κ3) is 3.98. The van der Waals surface area contributed by atoms with Gasteiger partial charge in [-0.2, -0.15) is 5.26 Å². The summed E-state index contributed by atoms with van der Waals surface area (Å²) in [6, 6.07) is 12.1. The van der Waals surface area contributed by atoms with Gasteiger partial charge in [0.2, 0.25) is 0 Å². The molecule has 1 atom stereocenters. The van der Waals surface area contributed by atoms with E-state index in [-0.39, 0.29) is 17.4 Å². The first-order chi connectivity index (χ1) is 11.9. The SMILES string of the molecule is CN(C)[C@@H](CNc1c(C#N)c(=O)n(C)c(=O)n1C)Cc1ccccc1. The Balaban J connectivity index is 2.28. The third-order valence-electron chi connectivity index (χ3n) is 4.33. The lowest BCUT2D eigenvalue weighted by atomic mass is 10.1. The van der Waals surface area contributed by atoms with Gasteiger partial charge < -0.3 is 10.2 Å². The van der Waals surface area contributed by atoms with Gasteiger partial charge in [-0.25, -0.2) is 4.79 Å². The Morgan fingerprint density at radius 3 is 2.36 bits per heavy atom. The molecule has 0 unspecified atom stereocenters. The molecule has 2 aromatic rings. The third-order valence-corrected chi connectivity index (χ3v) is 4.33. The van der Waals surface area contributed by atoms with Gasteiger partial charge in [0.05, 0.1) is 0 Å². The van der Waals surface area contributed by atoms with Gasteiger partial charge in [0.25, 0.3) is 5.56 Å². The quantitative estimate of drug-likeness (QED) is 0.829. The molecule has 0 aliphatic rings. The Morgan fingerprint density at radius 1 is 1.16 bits per heavy atom. The van der Waals surface area contributed by atoms with Gasteiger partial charge in [-0.3, -0.25) is 13.9 Å². The predicted octanol–water partition coefficient (Wildman–Crippen LogP) is 0.540. The number of hydrogen-bond donors (Lipinski definition) is 1. The monoisotopic (exact) mass is 341 g/mol. The molecule has 0 aliphatic heterocycles. The summed E-state index contributed by atoms with van der Waals surface area (Å²) in [5.41, 5.74) is 0.0942. The molecule has 1 aromatic heterocycles. The first-order valence-electron chi connectivity index (χ1n) is 8.01. The van der Waals surface area contributed by atoms with E-state index in [4.69, 9.17) is 0 Å². The van der Waals surface area contributed by atoms with Crippen LogP contribution in [0.25, 0.3) is 0 Å². The summed E-state index contributed by atoms with van der Waals surface area (Å²) in [5, 5.41) is 12.4. The van der Waals surface area contributed by atoms with Gasteiger partial charge in [-0.05, 0) is 26.1 Å². The van der Waals surface area contributed by atoms with E-state index in [2.05, 4.69) is 22.3 Å². The van der Waals surface area contributed by atoms with E-state index in [0.717, 1.165) is 11.0 Å². The van der Waals surface area contributed by atoms with Crippen molar-refractivity contribution >= 4 is 5.82 Å². The zero-order chi connectivity index (χ0) is 18.6. The molecular weight excluding hydrogens is 318 g/mol. The Morgan fingerprint density at radius 2 is 1.80 bits per heavy atom. The van der Waals surface area contributed by atoms with Crippen LogP contribution < -0.4 is 16.6 Å². The van der Waals surface area contributed by atoms with Gasteiger partial charge in [-0.1, -0.05) is 30.3 Å². The number of aromatic nitrogens is 2. The van der Waals surface area contributed by atoms with Crippen molar-refractivity contribution in [3.8, 4) is 6.07 Å². The van der Waals surface area contributed by atoms with E-state index >= 15 is 0 Å². The van der Waals surface area contributed by atoms with Crippen LogP contribution in [-0.2, 0) is 20.5 Å². The second-order valence-electron chi connectivity index (χ2n) is 6.23. The molecule has 132 valence electrons. The van der Waals surface area contributed by atoms with Crippen LogP contribution in [0.15, 0.2) is 39.9 Å². The van der Waals surface area contributed by atoms with Crippen LogP contribution >= 0.6 is 0 Å². The second kappa shape index (κ2) is 7.81. The molecule has 0 saturated heterocycles. The molecule has 0 spiro atoms. The normalized spacial score (nSPS) is 12.0. The molecule has 7 heteroatoms. The minimum Gasteiger partial charge on any atom is -0.369 e. The van der Waals surface area contributed by atoms with Crippen LogP contribution in [0.3, 0.4) is 0 Å². The molecule has 0 radical (unpaired) electrons. The molecule has 0 aliphatic carbocycles. The standard InChI is InChI=1S/C18H23N5O2/c1-21(2)14(10-13-8-6-5-7-9-13)12-20-16-15(11-19)17(24)23(4)18(25)22(16)3/h5-9,14,20H,10,12H2,1-4H3/t14-/m1/s1. The van der Waals surface area contributed by atoms with E-state index < -0.39 is 11.2 Å². The van der Waals surface area contributed by atoms with Crippen LogP contribution in [0.5, 0.6) is 0 Å². The lowest BCUT2D eigenvalue weighted by Gasteiger charge is -2.26. The first-order valence-corrected chi connectivity index (χ1v) is 8.01. The topological polar surface area (TPSA) is 83.1 Å². The summed E-state index contributed by atoms with van der Waals surface area (Å²) >= 11 is 0. The minimum absolute atomic E-state index is 0.0539. The Labute approximate surface area is 146 Å². The molecule has 1 N–H and O–H groups in total. The van der Waals surface area contributed by atoms with E-state index in [9.17, 15) is 14.9 Å². The number of nitrogens with one attached hydrogen (secondary N) is 1. The van der Waals surface area contributed by atoms with Gasteiger partial charge in [-0.15, -0.1) is 0 Å². The molecule has 0 amide bonds. The van der Waals surface area contributed by atoms with Crippen LogP contribution in [-0.4, -0.2) is 40.7 Å². The summed E-state index contributed by atoms with van der Waals surface area (Å²) in [6.45, 7) is 0.497. The molecule has 2 rings (SSSR count). The number of nitriles is 1. The summed E-state index contributed by atoms with van der Waals surface area (Å²) in [7, 11) is 6.87. The van der Waals surface area contributed by atoms with Crippen LogP contribution in [0.4, 0.5) is 5.82 Å². The molecule has 0 fully saturated rings. The lowest BCUT2D eigenvalue weighted by molar-refractivity contribution is 0.303. The smallest absolute Gasteiger partial charge is 0.332 e. The summed E-state index contributed by atoms with van der Waals surface area (Å²) in [4.78, 5) is 26.3. The number of rotatable bonds is 6. The Hall–Kier alpha value is -2.85. The zero-order valence-corrected chi connectivity index (χ0v) is 15.0. The molecule has 0 saturated carbocycles. The van der Waals surface area contributed by atoms with Crippen molar-refractivity contribution in [2.24, 2.45) is 14.1 Å². The van der Waals surface area contributed by atoms with Crippen LogP contribution in [0.1, 0.15) is 11.1 Å². The average Bonchev–Trinajstić information content (AvgIpc) is 2.61. The van der Waals surface area contributed by atoms with E-state index in [1.807, 2.05) is 38.4 Å². The molecular formula is C18H23N5O2. The predicted molar refractivity (Wildman–Crippen MR) is 97.7 cm³/mol. The highest BCUT2D eigenvalue weighted by Crippen LogP contribution is 2.11. The largest absolute Gasteiger partial charge is 0.369 e. The van der Waals surface area contributed by atoms with Crippen molar-refractivity contribution in [1.82, 2.24) is 14.0 Å². The maximum absolute atomic E-state index is 12.1. The fourth-order valence-corrected chi connectivity index (χ4v) is 2.69. The Bertz CT molecular complexity index is 891. The average molecular weight is 341 g/mol. The van der Waals surface area contributed by atoms with Gasteiger partial charge in [0, 0.05) is 26.7 Å². The number of nitrogens with zero attached hydrogens (tertiary/aromatic N) is 4. The van der Waals surface area contributed by atoms with Crippen LogP contribution in [0, 0.1) is 11.3 Å². The van der Waals surface area contributed by atoms with Crippen molar-refractivity contribution in [3.05, 3.63) is 62.3 Å². The number of anilines is 1. The van der Waals surface area contributed by atoms with E-state index in [0.29, 0.717) is 6.54 Å².